The second-order valence-electron chi connectivity index (χ2n) is 4.20. The van der Waals surface area contributed by atoms with Crippen molar-refractivity contribution in [3.63, 3.8) is 0 Å². The molecule has 2 aromatic carbocycles. The molecule has 0 saturated heterocycles. The molecule has 0 aliphatic carbocycles. The minimum absolute atomic E-state index is 0.659. The zero-order chi connectivity index (χ0) is 12.8. The van der Waals surface area contributed by atoms with Gasteiger partial charge in [0.2, 0.25) is 0 Å². The van der Waals surface area contributed by atoms with Crippen molar-refractivity contribution in [1.29, 1.82) is 0 Å². The zero-order valence-electron chi connectivity index (χ0n) is 10.5. The van der Waals surface area contributed by atoms with Crippen LogP contribution in [0, 0.1) is 0 Å². The molecular weight excluding hydrogens is 330 g/mol. The van der Waals surface area contributed by atoms with Gasteiger partial charge in [-0.3, -0.25) is 0 Å². The van der Waals surface area contributed by atoms with E-state index in [1.54, 1.807) is 0 Å². The molecule has 0 spiro atoms. The van der Waals surface area contributed by atoms with Crippen LogP contribution in [0.1, 0.15) is 6.92 Å². The van der Waals surface area contributed by atoms with Crippen LogP contribution in [0.4, 0.5) is 0 Å². The Morgan fingerprint density at radius 2 is 1.39 bits per heavy atom. The average Bonchev–Trinajstić information content (AvgIpc) is 2.41. The fourth-order valence-corrected chi connectivity index (χ4v) is 6.83. The second kappa shape index (κ2) is 6.77. The van der Waals surface area contributed by atoms with E-state index in [0.717, 1.165) is 5.57 Å². The Kier molecular flexibility index (Phi) is 5.04. The minimum atomic E-state index is -2.06. The van der Waals surface area contributed by atoms with Crippen molar-refractivity contribution in [2.45, 2.75) is 6.92 Å². The van der Waals surface area contributed by atoms with Gasteiger partial charge in [-0.15, -0.1) is 0 Å². The van der Waals surface area contributed by atoms with Gasteiger partial charge in [0, 0.05) is 0 Å². The summed E-state index contributed by atoms with van der Waals surface area (Å²) in [4.78, 5) is 0. The maximum absolute atomic E-state index is 6.16. The molecule has 0 bridgehead atoms. The summed E-state index contributed by atoms with van der Waals surface area (Å²) in [7, 11) is 0. The molecular formula is C16H17OSb. The SMILES string of the molecule is C=C(C)C[O][Sb]([c]1ccccc1)[c]1ccccc1. The third-order valence-electron chi connectivity index (χ3n) is 2.42. The summed E-state index contributed by atoms with van der Waals surface area (Å²) >= 11 is -2.06. The normalized spacial score (nSPS) is 10.6. The topological polar surface area (TPSA) is 9.23 Å². The summed E-state index contributed by atoms with van der Waals surface area (Å²) in [6.45, 7) is 6.59. The van der Waals surface area contributed by atoms with E-state index in [4.69, 9.17) is 3.02 Å². The maximum atomic E-state index is 6.16. The molecule has 1 nitrogen and oxygen atoms in total. The second-order valence-corrected chi connectivity index (χ2v) is 9.56. The van der Waals surface area contributed by atoms with Crippen LogP contribution in [0.25, 0.3) is 0 Å². The predicted octanol–water partition coefficient (Wildman–Crippen LogP) is 2.39. The van der Waals surface area contributed by atoms with E-state index in [0.29, 0.717) is 6.61 Å². The van der Waals surface area contributed by atoms with Gasteiger partial charge in [-0.05, 0) is 0 Å². The van der Waals surface area contributed by atoms with Crippen molar-refractivity contribution in [2.24, 2.45) is 0 Å². The van der Waals surface area contributed by atoms with Crippen molar-refractivity contribution in [2.75, 3.05) is 6.61 Å². The average molecular weight is 347 g/mol. The fourth-order valence-electron chi connectivity index (χ4n) is 1.60. The molecule has 18 heavy (non-hydrogen) atoms. The van der Waals surface area contributed by atoms with Gasteiger partial charge in [-0.2, -0.15) is 0 Å². The van der Waals surface area contributed by atoms with Crippen molar-refractivity contribution in [3.8, 4) is 0 Å². The molecule has 0 aliphatic rings. The van der Waals surface area contributed by atoms with E-state index in [-0.39, 0.29) is 0 Å². The molecule has 0 amide bonds. The standard InChI is InChI=1S/2C6H5.C4H7O.Sb/c2*1-2-4-6-5-3-1;1-4(2)3-5;/h2*1-5H;1,3H2,2H3;/q;;-1;+1. The van der Waals surface area contributed by atoms with Crippen LogP contribution in [-0.2, 0) is 3.02 Å². The van der Waals surface area contributed by atoms with Crippen LogP contribution >= 0.6 is 0 Å². The molecule has 0 heterocycles. The van der Waals surface area contributed by atoms with Gasteiger partial charge in [-0.1, -0.05) is 0 Å². The van der Waals surface area contributed by atoms with Gasteiger partial charge >= 0.3 is 117 Å². The number of hydrogen-bond donors (Lipinski definition) is 0. The molecule has 0 fully saturated rings. The first kappa shape index (κ1) is 13.4. The monoisotopic (exact) mass is 346 g/mol. The Hall–Kier alpha value is -1.04. The summed E-state index contributed by atoms with van der Waals surface area (Å²) in [5.74, 6) is 0. The first-order valence-corrected chi connectivity index (χ1v) is 9.54. The van der Waals surface area contributed by atoms with Crippen molar-refractivity contribution in [3.05, 3.63) is 72.8 Å². The molecule has 0 unspecified atom stereocenters. The van der Waals surface area contributed by atoms with Crippen LogP contribution in [0.5, 0.6) is 0 Å². The van der Waals surface area contributed by atoms with Gasteiger partial charge in [-0.25, -0.2) is 0 Å². The molecule has 2 rings (SSSR count). The third-order valence-corrected chi connectivity index (χ3v) is 7.91. The van der Waals surface area contributed by atoms with Gasteiger partial charge < -0.3 is 0 Å². The fraction of sp³-hybridized carbons (Fsp3) is 0.125. The molecule has 0 radical (unpaired) electrons. The molecule has 0 N–H and O–H groups in total. The molecule has 0 atom stereocenters. The Labute approximate surface area is 117 Å². The van der Waals surface area contributed by atoms with Gasteiger partial charge in [0.25, 0.3) is 0 Å². The number of benzene rings is 2. The van der Waals surface area contributed by atoms with Gasteiger partial charge in [0.1, 0.15) is 0 Å². The molecule has 0 aliphatic heterocycles. The van der Waals surface area contributed by atoms with Crippen molar-refractivity contribution < 1.29 is 3.02 Å². The van der Waals surface area contributed by atoms with Crippen molar-refractivity contribution >= 4 is 27.7 Å². The van der Waals surface area contributed by atoms with Crippen molar-refractivity contribution in [1.82, 2.24) is 0 Å². The van der Waals surface area contributed by atoms with Crippen LogP contribution in [0.2, 0.25) is 0 Å². The molecule has 0 aromatic heterocycles. The van der Waals surface area contributed by atoms with Crippen LogP contribution in [0.3, 0.4) is 0 Å². The zero-order valence-corrected chi connectivity index (χ0v) is 13.1. The third kappa shape index (κ3) is 3.73. The Balaban J connectivity index is 2.26. The number of rotatable bonds is 5. The first-order chi connectivity index (χ1) is 8.77. The van der Waals surface area contributed by atoms with Gasteiger partial charge in [0.15, 0.2) is 0 Å². The van der Waals surface area contributed by atoms with Gasteiger partial charge in [0.05, 0.1) is 0 Å². The Morgan fingerprint density at radius 1 is 0.944 bits per heavy atom. The number of hydrogen-bond acceptors (Lipinski definition) is 1. The Bertz CT molecular complexity index is 454. The summed E-state index contributed by atoms with van der Waals surface area (Å²) in [5, 5.41) is 0. The molecule has 92 valence electrons. The quantitative estimate of drug-likeness (QED) is 0.596. The van der Waals surface area contributed by atoms with Crippen LogP contribution in [-0.4, -0.2) is 27.2 Å². The summed E-state index contributed by atoms with van der Waals surface area (Å²) in [6, 6.07) is 21.1. The van der Waals surface area contributed by atoms with E-state index >= 15 is 0 Å². The van der Waals surface area contributed by atoms with Crippen LogP contribution < -0.4 is 7.02 Å². The summed E-state index contributed by atoms with van der Waals surface area (Å²) < 4.78 is 8.87. The summed E-state index contributed by atoms with van der Waals surface area (Å²) in [6.07, 6.45) is 0. The summed E-state index contributed by atoms with van der Waals surface area (Å²) in [5.41, 5.74) is 1.08. The van der Waals surface area contributed by atoms with Crippen LogP contribution in [0.15, 0.2) is 72.8 Å². The molecule has 0 saturated carbocycles. The van der Waals surface area contributed by atoms with E-state index in [1.165, 1.54) is 7.02 Å². The Morgan fingerprint density at radius 3 is 1.78 bits per heavy atom. The van der Waals surface area contributed by atoms with E-state index in [2.05, 4.69) is 55.1 Å². The molecule has 2 heteroatoms. The molecule has 2 aromatic rings. The first-order valence-electron chi connectivity index (χ1n) is 5.95. The predicted molar refractivity (Wildman–Crippen MR) is 78.7 cm³/mol. The van der Waals surface area contributed by atoms with E-state index < -0.39 is 20.6 Å². The van der Waals surface area contributed by atoms with E-state index in [1.807, 2.05) is 19.1 Å². The van der Waals surface area contributed by atoms with E-state index in [9.17, 15) is 0 Å².